The van der Waals surface area contributed by atoms with Gasteiger partial charge in [-0.25, -0.2) is 4.99 Å². The first-order valence-corrected chi connectivity index (χ1v) is 8.77. The maximum absolute atomic E-state index is 4.49. The van der Waals surface area contributed by atoms with Crippen LogP contribution < -0.4 is 0 Å². The summed E-state index contributed by atoms with van der Waals surface area (Å²) in [7, 11) is 0. The fraction of sp³-hybridized carbons (Fsp3) is 0.333. The quantitative estimate of drug-likeness (QED) is 0.844. The van der Waals surface area contributed by atoms with Gasteiger partial charge in [-0.2, -0.15) is 0 Å². The SMILES string of the molecule is C1=NC=NCC1(c1ccccc1)N1CCC(c2ccccc2)CC1. The zero-order chi connectivity index (χ0) is 16.2. The van der Waals surface area contributed by atoms with Crippen LogP contribution in [0.4, 0.5) is 0 Å². The van der Waals surface area contributed by atoms with E-state index in [-0.39, 0.29) is 5.54 Å². The molecule has 2 heterocycles. The predicted octanol–water partition coefficient (Wildman–Crippen LogP) is 3.87. The van der Waals surface area contributed by atoms with Gasteiger partial charge in [0, 0.05) is 6.21 Å². The van der Waals surface area contributed by atoms with Gasteiger partial charge in [0.05, 0.1) is 6.54 Å². The molecule has 1 unspecified atom stereocenters. The van der Waals surface area contributed by atoms with E-state index in [1.807, 2.05) is 0 Å². The normalized spacial score (nSPS) is 25.0. The average molecular weight is 317 g/mol. The molecule has 2 aromatic rings. The Kier molecular flexibility index (Phi) is 4.26. The van der Waals surface area contributed by atoms with Gasteiger partial charge in [-0.3, -0.25) is 9.89 Å². The molecule has 4 rings (SSSR count). The molecule has 1 atom stereocenters. The van der Waals surface area contributed by atoms with E-state index in [9.17, 15) is 0 Å². The van der Waals surface area contributed by atoms with E-state index in [0.29, 0.717) is 5.92 Å². The predicted molar refractivity (Wildman–Crippen MR) is 100.0 cm³/mol. The summed E-state index contributed by atoms with van der Waals surface area (Å²) in [6.07, 6.45) is 6.16. The summed E-state index contributed by atoms with van der Waals surface area (Å²) in [5, 5.41) is 0. The van der Waals surface area contributed by atoms with Crippen molar-refractivity contribution in [3.8, 4) is 0 Å². The Labute approximate surface area is 143 Å². The molecule has 0 N–H and O–H groups in total. The molecule has 3 heteroatoms. The van der Waals surface area contributed by atoms with Gasteiger partial charge in [0.1, 0.15) is 11.9 Å². The van der Waals surface area contributed by atoms with E-state index in [0.717, 1.165) is 19.6 Å². The Balaban J connectivity index is 1.56. The monoisotopic (exact) mass is 317 g/mol. The van der Waals surface area contributed by atoms with Crippen molar-refractivity contribution in [3.05, 3.63) is 71.8 Å². The highest BCUT2D eigenvalue weighted by Crippen LogP contribution is 2.35. The lowest BCUT2D eigenvalue weighted by molar-refractivity contribution is 0.118. The molecule has 3 nitrogen and oxygen atoms in total. The summed E-state index contributed by atoms with van der Waals surface area (Å²) in [6.45, 7) is 2.92. The molecule has 0 bridgehead atoms. The van der Waals surface area contributed by atoms with Crippen LogP contribution in [0.3, 0.4) is 0 Å². The van der Waals surface area contributed by atoms with Crippen molar-refractivity contribution in [2.75, 3.05) is 19.6 Å². The summed E-state index contributed by atoms with van der Waals surface area (Å²) < 4.78 is 0. The van der Waals surface area contributed by atoms with Gasteiger partial charge in [0.2, 0.25) is 0 Å². The van der Waals surface area contributed by atoms with Crippen molar-refractivity contribution in [3.63, 3.8) is 0 Å². The van der Waals surface area contributed by atoms with Crippen molar-refractivity contribution in [1.29, 1.82) is 0 Å². The minimum absolute atomic E-state index is 0.183. The first-order chi connectivity index (χ1) is 11.9. The number of hydrogen-bond acceptors (Lipinski definition) is 3. The zero-order valence-electron chi connectivity index (χ0n) is 13.9. The highest BCUT2D eigenvalue weighted by Gasteiger charge is 2.39. The summed E-state index contributed by atoms with van der Waals surface area (Å²) in [4.78, 5) is 11.5. The molecule has 0 saturated carbocycles. The molecule has 1 saturated heterocycles. The second-order valence-electron chi connectivity index (χ2n) is 6.70. The molecule has 122 valence electrons. The standard InChI is InChI=1S/C21H23N3/c1-3-7-18(8-4-1)19-11-13-24(14-12-19)21(15-22-17-23-16-21)20-9-5-2-6-10-20/h1-10,15,17,19H,11-14,16H2. The van der Waals surface area contributed by atoms with Gasteiger partial charge in [-0.05, 0) is 43.0 Å². The Bertz CT molecular complexity index is 715. The number of benzene rings is 2. The summed E-state index contributed by atoms with van der Waals surface area (Å²) in [6, 6.07) is 21.6. The smallest absolute Gasteiger partial charge is 0.109 e. The maximum atomic E-state index is 4.49. The lowest BCUT2D eigenvalue weighted by Gasteiger charge is -2.45. The van der Waals surface area contributed by atoms with Crippen LogP contribution in [-0.2, 0) is 5.54 Å². The highest BCUT2D eigenvalue weighted by atomic mass is 15.2. The van der Waals surface area contributed by atoms with E-state index in [1.165, 1.54) is 24.0 Å². The van der Waals surface area contributed by atoms with Crippen molar-refractivity contribution in [1.82, 2.24) is 4.90 Å². The first-order valence-electron chi connectivity index (χ1n) is 8.77. The maximum Gasteiger partial charge on any atom is 0.109 e. The molecule has 0 amide bonds. The van der Waals surface area contributed by atoms with Crippen molar-refractivity contribution >= 4 is 12.6 Å². The second kappa shape index (κ2) is 6.70. The average Bonchev–Trinajstić information content (AvgIpc) is 2.70. The number of aliphatic imine (C=N–C) groups is 2. The fourth-order valence-electron chi connectivity index (χ4n) is 4.02. The molecule has 2 aliphatic rings. The number of hydrogen-bond donors (Lipinski definition) is 0. The van der Waals surface area contributed by atoms with Crippen molar-refractivity contribution in [2.24, 2.45) is 9.98 Å². The number of piperidine rings is 1. The van der Waals surface area contributed by atoms with E-state index in [1.54, 1.807) is 6.34 Å². The van der Waals surface area contributed by atoms with Crippen LogP contribution in [-0.4, -0.2) is 37.1 Å². The van der Waals surface area contributed by atoms with Crippen LogP contribution in [0.5, 0.6) is 0 Å². The van der Waals surface area contributed by atoms with Crippen LogP contribution in [0.1, 0.15) is 29.9 Å². The molecule has 0 spiro atoms. The van der Waals surface area contributed by atoms with E-state index < -0.39 is 0 Å². The molecule has 1 fully saturated rings. The molecule has 2 aromatic carbocycles. The largest absolute Gasteiger partial charge is 0.287 e. The lowest BCUT2D eigenvalue weighted by Crippen LogP contribution is -2.53. The minimum atomic E-state index is -0.183. The topological polar surface area (TPSA) is 28.0 Å². The molecule has 0 radical (unpaired) electrons. The molecule has 0 aromatic heterocycles. The molecular formula is C21H23N3. The number of likely N-dealkylation sites (tertiary alicyclic amines) is 1. The summed E-state index contributed by atoms with van der Waals surface area (Å²) in [5.74, 6) is 0.666. The number of nitrogens with zero attached hydrogens (tertiary/aromatic N) is 3. The molecule has 24 heavy (non-hydrogen) atoms. The molecular weight excluding hydrogens is 294 g/mol. The zero-order valence-corrected chi connectivity index (χ0v) is 13.9. The third-order valence-electron chi connectivity index (χ3n) is 5.37. The van der Waals surface area contributed by atoms with Crippen LogP contribution in [0.2, 0.25) is 0 Å². The lowest BCUT2D eigenvalue weighted by atomic mass is 9.83. The van der Waals surface area contributed by atoms with Gasteiger partial charge < -0.3 is 0 Å². The van der Waals surface area contributed by atoms with E-state index in [2.05, 4.69) is 81.8 Å². The van der Waals surface area contributed by atoms with E-state index >= 15 is 0 Å². The van der Waals surface area contributed by atoms with Gasteiger partial charge >= 0.3 is 0 Å². The van der Waals surface area contributed by atoms with E-state index in [4.69, 9.17) is 0 Å². The summed E-state index contributed by atoms with van der Waals surface area (Å²) in [5.41, 5.74) is 2.59. The van der Waals surface area contributed by atoms with Crippen molar-refractivity contribution < 1.29 is 0 Å². The van der Waals surface area contributed by atoms with Crippen LogP contribution in [0, 0.1) is 0 Å². The van der Waals surface area contributed by atoms with Gasteiger partial charge in [0.15, 0.2) is 0 Å². The second-order valence-corrected chi connectivity index (χ2v) is 6.70. The van der Waals surface area contributed by atoms with Crippen LogP contribution in [0.15, 0.2) is 70.6 Å². The van der Waals surface area contributed by atoms with Crippen LogP contribution in [0.25, 0.3) is 0 Å². The third-order valence-corrected chi connectivity index (χ3v) is 5.37. The Morgan fingerprint density at radius 1 is 0.875 bits per heavy atom. The highest BCUT2D eigenvalue weighted by molar-refractivity contribution is 5.83. The van der Waals surface area contributed by atoms with Crippen LogP contribution >= 0.6 is 0 Å². The Morgan fingerprint density at radius 3 is 2.17 bits per heavy atom. The Hall–Kier alpha value is -2.26. The summed E-state index contributed by atoms with van der Waals surface area (Å²) >= 11 is 0. The minimum Gasteiger partial charge on any atom is -0.287 e. The molecule has 2 aliphatic heterocycles. The Morgan fingerprint density at radius 2 is 1.54 bits per heavy atom. The van der Waals surface area contributed by atoms with Gasteiger partial charge in [-0.15, -0.1) is 0 Å². The number of rotatable bonds is 3. The van der Waals surface area contributed by atoms with Crippen molar-refractivity contribution in [2.45, 2.75) is 24.3 Å². The fourth-order valence-corrected chi connectivity index (χ4v) is 4.02. The third kappa shape index (κ3) is 2.80. The van der Waals surface area contributed by atoms with Gasteiger partial charge in [0.25, 0.3) is 0 Å². The first kappa shape index (κ1) is 15.3. The van der Waals surface area contributed by atoms with Gasteiger partial charge in [-0.1, -0.05) is 60.7 Å². The molecule has 0 aliphatic carbocycles.